The zero-order chi connectivity index (χ0) is 15.8. The number of anilines is 1. The van der Waals surface area contributed by atoms with Gasteiger partial charge in [-0.05, 0) is 42.9 Å². The highest BCUT2D eigenvalue weighted by Gasteiger charge is 2.24. The highest BCUT2D eigenvalue weighted by molar-refractivity contribution is 5.78. The number of nitrogens with one attached hydrogen (secondary N) is 1. The van der Waals surface area contributed by atoms with E-state index in [4.69, 9.17) is 5.73 Å². The molecule has 22 heavy (non-hydrogen) atoms. The molecule has 3 nitrogen and oxygen atoms in total. The molecular weight excluding hydrogens is 272 g/mol. The van der Waals surface area contributed by atoms with Gasteiger partial charge in [-0.1, -0.05) is 51.2 Å². The molecule has 0 bridgehead atoms. The van der Waals surface area contributed by atoms with Gasteiger partial charge in [-0.2, -0.15) is 0 Å². The first-order valence-electron chi connectivity index (χ1n) is 8.81. The molecule has 1 fully saturated rings. The highest BCUT2D eigenvalue weighted by atomic mass is 16.1. The minimum atomic E-state index is 0.208. The van der Waals surface area contributed by atoms with Crippen LogP contribution >= 0.6 is 0 Å². The van der Waals surface area contributed by atoms with E-state index in [9.17, 15) is 4.79 Å². The quantitative estimate of drug-likeness (QED) is 0.715. The average Bonchev–Trinajstić information content (AvgIpc) is 3.02. The molecule has 2 rings (SSSR count). The molecule has 1 atom stereocenters. The first-order valence-corrected chi connectivity index (χ1v) is 8.81. The van der Waals surface area contributed by atoms with Gasteiger partial charge in [0.15, 0.2) is 0 Å². The van der Waals surface area contributed by atoms with Gasteiger partial charge >= 0.3 is 0 Å². The summed E-state index contributed by atoms with van der Waals surface area (Å²) in [4.78, 5) is 12.4. The fraction of sp³-hybridized carbons (Fsp3) is 0.632. The Balaban J connectivity index is 1.76. The summed E-state index contributed by atoms with van der Waals surface area (Å²) in [7, 11) is 0. The maximum atomic E-state index is 12.4. The number of benzene rings is 1. The van der Waals surface area contributed by atoms with Crippen molar-refractivity contribution in [1.29, 1.82) is 0 Å². The monoisotopic (exact) mass is 302 g/mol. The van der Waals surface area contributed by atoms with Crippen LogP contribution in [-0.2, 0) is 11.2 Å². The van der Waals surface area contributed by atoms with Crippen LogP contribution in [-0.4, -0.2) is 12.5 Å². The van der Waals surface area contributed by atoms with E-state index >= 15 is 0 Å². The summed E-state index contributed by atoms with van der Waals surface area (Å²) in [6.45, 7) is 2.89. The molecule has 0 saturated heterocycles. The summed E-state index contributed by atoms with van der Waals surface area (Å²) >= 11 is 0. The molecule has 0 spiro atoms. The molecule has 0 radical (unpaired) electrons. The summed E-state index contributed by atoms with van der Waals surface area (Å²) in [6, 6.07) is 7.89. The minimum Gasteiger partial charge on any atom is -0.399 e. The van der Waals surface area contributed by atoms with E-state index in [0.717, 1.165) is 37.3 Å². The second-order valence-corrected chi connectivity index (χ2v) is 6.65. The first-order chi connectivity index (χ1) is 10.7. The van der Waals surface area contributed by atoms with Crippen LogP contribution in [0, 0.1) is 11.8 Å². The Labute approximate surface area is 134 Å². The SMILES string of the molecule is CCCC(CC1CCCC1)C(=O)NCCc1ccc(N)cc1. The maximum Gasteiger partial charge on any atom is 0.223 e. The van der Waals surface area contributed by atoms with Crippen molar-refractivity contribution in [1.82, 2.24) is 5.32 Å². The van der Waals surface area contributed by atoms with Crippen molar-refractivity contribution in [2.24, 2.45) is 11.8 Å². The van der Waals surface area contributed by atoms with Gasteiger partial charge in [0.1, 0.15) is 0 Å². The van der Waals surface area contributed by atoms with Crippen molar-refractivity contribution in [3.63, 3.8) is 0 Å². The lowest BCUT2D eigenvalue weighted by Gasteiger charge is -2.19. The smallest absolute Gasteiger partial charge is 0.223 e. The number of hydrogen-bond donors (Lipinski definition) is 2. The van der Waals surface area contributed by atoms with Crippen molar-refractivity contribution in [2.45, 2.75) is 58.3 Å². The lowest BCUT2D eigenvalue weighted by Crippen LogP contribution is -2.33. The number of hydrogen-bond acceptors (Lipinski definition) is 2. The van der Waals surface area contributed by atoms with Crippen molar-refractivity contribution < 1.29 is 4.79 Å². The summed E-state index contributed by atoms with van der Waals surface area (Å²) in [6.07, 6.45) is 9.39. The third-order valence-corrected chi connectivity index (χ3v) is 4.79. The fourth-order valence-corrected chi connectivity index (χ4v) is 3.51. The summed E-state index contributed by atoms with van der Waals surface area (Å²) in [5.41, 5.74) is 7.69. The maximum absolute atomic E-state index is 12.4. The number of nitrogens with two attached hydrogens (primary N) is 1. The van der Waals surface area contributed by atoms with Crippen LogP contribution in [0.4, 0.5) is 5.69 Å². The van der Waals surface area contributed by atoms with E-state index in [-0.39, 0.29) is 11.8 Å². The molecular formula is C19H30N2O. The minimum absolute atomic E-state index is 0.208. The van der Waals surface area contributed by atoms with Crippen molar-refractivity contribution in [3.8, 4) is 0 Å². The predicted molar refractivity (Wildman–Crippen MR) is 92.5 cm³/mol. The van der Waals surface area contributed by atoms with E-state index in [0.29, 0.717) is 6.54 Å². The van der Waals surface area contributed by atoms with E-state index in [1.807, 2.05) is 24.3 Å². The molecule has 1 aliphatic rings. The van der Waals surface area contributed by atoms with Crippen molar-refractivity contribution in [2.75, 3.05) is 12.3 Å². The molecule has 1 saturated carbocycles. The van der Waals surface area contributed by atoms with Gasteiger partial charge < -0.3 is 11.1 Å². The largest absolute Gasteiger partial charge is 0.399 e. The van der Waals surface area contributed by atoms with E-state index in [1.54, 1.807) is 0 Å². The Morgan fingerprint density at radius 2 is 1.95 bits per heavy atom. The Hall–Kier alpha value is -1.51. The summed E-state index contributed by atoms with van der Waals surface area (Å²) in [5.74, 6) is 1.24. The van der Waals surface area contributed by atoms with Gasteiger partial charge in [-0.25, -0.2) is 0 Å². The number of nitrogen functional groups attached to an aromatic ring is 1. The number of amides is 1. The molecule has 1 aromatic rings. The van der Waals surface area contributed by atoms with Crippen LogP contribution in [0.3, 0.4) is 0 Å². The lowest BCUT2D eigenvalue weighted by atomic mass is 9.89. The summed E-state index contributed by atoms with van der Waals surface area (Å²) < 4.78 is 0. The molecule has 1 aliphatic carbocycles. The van der Waals surface area contributed by atoms with Crippen molar-refractivity contribution >= 4 is 11.6 Å². The van der Waals surface area contributed by atoms with Crippen LogP contribution in [0.15, 0.2) is 24.3 Å². The third-order valence-electron chi connectivity index (χ3n) is 4.79. The van der Waals surface area contributed by atoms with Crippen molar-refractivity contribution in [3.05, 3.63) is 29.8 Å². The van der Waals surface area contributed by atoms with Gasteiger partial charge in [-0.15, -0.1) is 0 Å². The van der Waals surface area contributed by atoms with Gasteiger partial charge in [0, 0.05) is 18.2 Å². The number of carbonyl (C=O) groups is 1. The lowest BCUT2D eigenvalue weighted by molar-refractivity contribution is -0.125. The molecule has 0 aliphatic heterocycles. The summed E-state index contributed by atoms with van der Waals surface area (Å²) in [5, 5.41) is 3.13. The Morgan fingerprint density at radius 3 is 2.59 bits per heavy atom. The van der Waals surface area contributed by atoms with Gasteiger partial charge in [-0.3, -0.25) is 4.79 Å². The van der Waals surface area contributed by atoms with Gasteiger partial charge in [0.2, 0.25) is 5.91 Å². The predicted octanol–water partition coefficient (Wildman–Crippen LogP) is 3.92. The molecule has 1 aromatic carbocycles. The van der Waals surface area contributed by atoms with E-state index in [2.05, 4.69) is 12.2 Å². The Morgan fingerprint density at radius 1 is 1.27 bits per heavy atom. The molecule has 0 aromatic heterocycles. The molecule has 1 amide bonds. The van der Waals surface area contributed by atoms with Crippen LogP contribution in [0.5, 0.6) is 0 Å². The standard InChI is InChI=1S/C19H30N2O/c1-2-5-17(14-16-6-3-4-7-16)19(22)21-13-12-15-8-10-18(20)11-9-15/h8-11,16-17H,2-7,12-14,20H2,1H3,(H,21,22). The second kappa shape index (κ2) is 8.82. The van der Waals surface area contributed by atoms with Crippen LogP contribution in [0.1, 0.15) is 57.4 Å². The van der Waals surface area contributed by atoms with Crippen LogP contribution < -0.4 is 11.1 Å². The van der Waals surface area contributed by atoms with Gasteiger partial charge in [0.25, 0.3) is 0 Å². The zero-order valence-corrected chi connectivity index (χ0v) is 13.8. The Bertz CT molecular complexity index is 449. The molecule has 1 unspecified atom stereocenters. The van der Waals surface area contributed by atoms with Crippen LogP contribution in [0.25, 0.3) is 0 Å². The average molecular weight is 302 g/mol. The molecule has 0 heterocycles. The number of rotatable bonds is 8. The number of carbonyl (C=O) groups excluding carboxylic acids is 1. The molecule has 3 N–H and O–H groups in total. The van der Waals surface area contributed by atoms with E-state index in [1.165, 1.54) is 31.2 Å². The molecule has 3 heteroatoms. The first kappa shape index (κ1) is 16.9. The normalized spacial score (nSPS) is 16.6. The Kier molecular flexibility index (Phi) is 6.75. The molecule has 122 valence electrons. The zero-order valence-electron chi connectivity index (χ0n) is 13.8. The van der Waals surface area contributed by atoms with Gasteiger partial charge in [0.05, 0.1) is 0 Å². The topological polar surface area (TPSA) is 55.1 Å². The highest BCUT2D eigenvalue weighted by Crippen LogP contribution is 2.31. The van der Waals surface area contributed by atoms with E-state index < -0.39 is 0 Å². The second-order valence-electron chi connectivity index (χ2n) is 6.65. The fourth-order valence-electron chi connectivity index (χ4n) is 3.51. The van der Waals surface area contributed by atoms with Crippen LogP contribution in [0.2, 0.25) is 0 Å². The third kappa shape index (κ3) is 5.36.